The molecule has 0 amide bonds. The SMILES string of the molecule is COc1ccc(/C=C/C(=O)OCc2nc3sc4c(c3c(=O)[nH]2)CCC4)cc1OC. The lowest BCUT2D eigenvalue weighted by Gasteiger charge is -2.07. The number of nitrogens with zero attached hydrogens (tertiary/aromatic N) is 1. The fraction of sp³-hybridized carbons (Fsp3) is 0.286. The summed E-state index contributed by atoms with van der Waals surface area (Å²) in [4.78, 5) is 33.6. The molecule has 1 N–H and O–H groups in total. The van der Waals surface area contributed by atoms with E-state index in [1.165, 1.54) is 11.0 Å². The van der Waals surface area contributed by atoms with Crippen LogP contribution in [0, 0.1) is 0 Å². The highest BCUT2D eigenvalue weighted by Gasteiger charge is 2.21. The van der Waals surface area contributed by atoms with Crippen molar-refractivity contribution >= 4 is 33.6 Å². The van der Waals surface area contributed by atoms with Crippen molar-refractivity contribution in [3.8, 4) is 11.5 Å². The maximum absolute atomic E-state index is 12.4. The number of hydrogen-bond acceptors (Lipinski definition) is 7. The molecule has 0 fully saturated rings. The Hall–Kier alpha value is -3.13. The number of aryl methyl sites for hydroxylation is 2. The number of ether oxygens (including phenoxy) is 3. The zero-order valence-electron chi connectivity index (χ0n) is 16.1. The van der Waals surface area contributed by atoms with Gasteiger partial charge in [0.2, 0.25) is 0 Å². The predicted octanol–water partition coefficient (Wildman–Crippen LogP) is 3.25. The first-order valence-corrected chi connectivity index (χ1v) is 10.0. The van der Waals surface area contributed by atoms with Crippen LogP contribution < -0.4 is 15.0 Å². The fourth-order valence-electron chi connectivity index (χ4n) is 3.42. The Balaban J connectivity index is 1.43. The molecule has 4 rings (SSSR count). The smallest absolute Gasteiger partial charge is 0.331 e. The van der Waals surface area contributed by atoms with E-state index in [0.29, 0.717) is 27.5 Å². The van der Waals surface area contributed by atoms with Gasteiger partial charge in [0.1, 0.15) is 17.3 Å². The van der Waals surface area contributed by atoms with E-state index in [1.807, 2.05) is 0 Å². The Morgan fingerprint density at radius 3 is 2.86 bits per heavy atom. The standard InChI is InChI=1S/C21H20N2O5S/c1-26-14-8-6-12(10-15(14)27-2)7-9-18(24)28-11-17-22-20(25)19-13-4-3-5-16(13)29-21(19)23-17/h6-10H,3-5,11H2,1-2H3,(H,22,23,25)/b9-7+. The molecule has 0 saturated carbocycles. The topological polar surface area (TPSA) is 90.5 Å². The molecule has 1 aromatic carbocycles. The Bertz CT molecular complexity index is 1160. The molecular weight excluding hydrogens is 392 g/mol. The molecule has 0 atom stereocenters. The number of H-pyrrole nitrogens is 1. The number of nitrogens with one attached hydrogen (secondary N) is 1. The number of aromatic amines is 1. The second-order valence-corrected chi connectivity index (χ2v) is 7.69. The van der Waals surface area contributed by atoms with Crippen LogP contribution in [0.4, 0.5) is 0 Å². The number of fused-ring (bicyclic) bond motifs is 3. The lowest BCUT2D eigenvalue weighted by Crippen LogP contribution is -2.13. The van der Waals surface area contributed by atoms with Crippen LogP contribution in [0.3, 0.4) is 0 Å². The minimum absolute atomic E-state index is 0.0944. The van der Waals surface area contributed by atoms with Gasteiger partial charge in [0.15, 0.2) is 11.5 Å². The molecule has 0 spiro atoms. The molecule has 2 heterocycles. The van der Waals surface area contributed by atoms with Crippen molar-refractivity contribution in [3.63, 3.8) is 0 Å². The Kier molecular flexibility index (Phi) is 5.35. The molecule has 0 radical (unpaired) electrons. The Labute approximate surface area is 171 Å². The van der Waals surface area contributed by atoms with Crippen molar-refractivity contribution in [2.75, 3.05) is 14.2 Å². The van der Waals surface area contributed by atoms with Gasteiger partial charge >= 0.3 is 5.97 Å². The molecular formula is C21H20N2O5S. The third kappa shape index (κ3) is 3.88. The van der Waals surface area contributed by atoms with Gasteiger partial charge in [-0.2, -0.15) is 0 Å². The summed E-state index contributed by atoms with van der Waals surface area (Å²) in [6.45, 7) is -0.0944. The average molecular weight is 412 g/mol. The van der Waals surface area contributed by atoms with Crippen molar-refractivity contribution in [2.24, 2.45) is 0 Å². The van der Waals surface area contributed by atoms with Gasteiger partial charge in [-0.05, 0) is 48.6 Å². The zero-order valence-corrected chi connectivity index (χ0v) is 16.9. The number of benzene rings is 1. The lowest BCUT2D eigenvalue weighted by atomic mass is 10.2. The van der Waals surface area contributed by atoms with Crippen LogP contribution in [0.5, 0.6) is 11.5 Å². The molecule has 0 saturated heterocycles. The van der Waals surface area contributed by atoms with E-state index in [9.17, 15) is 9.59 Å². The van der Waals surface area contributed by atoms with Crippen LogP contribution in [-0.2, 0) is 29.0 Å². The van der Waals surface area contributed by atoms with Crippen LogP contribution >= 0.6 is 11.3 Å². The van der Waals surface area contributed by atoms with E-state index in [2.05, 4.69) is 9.97 Å². The summed E-state index contributed by atoms with van der Waals surface area (Å²) in [6, 6.07) is 5.31. The number of carbonyl (C=O) groups is 1. The van der Waals surface area contributed by atoms with E-state index < -0.39 is 5.97 Å². The summed E-state index contributed by atoms with van der Waals surface area (Å²) in [5.41, 5.74) is 1.72. The van der Waals surface area contributed by atoms with Gasteiger partial charge in [-0.1, -0.05) is 6.07 Å². The van der Waals surface area contributed by atoms with Gasteiger partial charge in [-0.25, -0.2) is 9.78 Å². The van der Waals surface area contributed by atoms with E-state index in [4.69, 9.17) is 14.2 Å². The molecule has 150 valence electrons. The highest BCUT2D eigenvalue weighted by molar-refractivity contribution is 7.18. The molecule has 3 aromatic rings. The third-order valence-electron chi connectivity index (χ3n) is 4.79. The third-order valence-corrected chi connectivity index (χ3v) is 5.98. The second-order valence-electron chi connectivity index (χ2n) is 6.61. The summed E-state index contributed by atoms with van der Waals surface area (Å²) in [5, 5.41) is 0.686. The summed E-state index contributed by atoms with van der Waals surface area (Å²) in [6.07, 6.45) is 5.95. The van der Waals surface area contributed by atoms with Crippen molar-refractivity contribution < 1.29 is 19.0 Å². The monoisotopic (exact) mass is 412 g/mol. The van der Waals surface area contributed by atoms with Crippen LogP contribution in [0.2, 0.25) is 0 Å². The highest BCUT2D eigenvalue weighted by atomic mass is 32.1. The average Bonchev–Trinajstić information content (AvgIpc) is 3.31. The molecule has 1 aliphatic carbocycles. The molecule has 29 heavy (non-hydrogen) atoms. The number of rotatable bonds is 6. The quantitative estimate of drug-likeness (QED) is 0.494. The summed E-state index contributed by atoms with van der Waals surface area (Å²) in [7, 11) is 3.11. The first kappa shape index (κ1) is 19.2. The molecule has 0 unspecified atom stereocenters. The van der Waals surface area contributed by atoms with Crippen molar-refractivity contribution in [2.45, 2.75) is 25.9 Å². The van der Waals surface area contributed by atoms with Crippen LogP contribution in [-0.4, -0.2) is 30.2 Å². The van der Waals surface area contributed by atoms with Gasteiger partial charge in [-0.3, -0.25) is 4.79 Å². The molecule has 8 heteroatoms. The van der Waals surface area contributed by atoms with E-state index in [0.717, 1.165) is 30.4 Å². The molecule has 1 aliphatic rings. The normalized spacial score (nSPS) is 13.0. The maximum Gasteiger partial charge on any atom is 0.331 e. The highest BCUT2D eigenvalue weighted by Crippen LogP contribution is 2.34. The van der Waals surface area contributed by atoms with Crippen molar-refractivity contribution in [1.82, 2.24) is 9.97 Å². The summed E-state index contributed by atoms with van der Waals surface area (Å²) in [5.74, 6) is 0.990. The van der Waals surface area contributed by atoms with E-state index >= 15 is 0 Å². The lowest BCUT2D eigenvalue weighted by molar-refractivity contribution is -0.139. The first-order valence-electron chi connectivity index (χ1n) is 9.19. The minimum Gasteiger partial charge on any atom is -0.493 e. The molecule has 7 nitrogen and oxygen atoms in total. The number of aromatic nitrogens is 2. The van der Waals surface area contributed by atoms with Crippen LogP contribution in [0.1, 0.15) is 28.2 Å². The predicted molar refractivity (Wildman–Crippen MR) is 111 cm³/mol. The maximum atomic E-state index is 12.4. The van der Waals surface area contributed by atoms with Gasteiger partial charge < -0.3 is 19.2 Å². The van der Waals surface area contributed by atoms with E-state index in [-0.39, 0.29) is 12.2 Å². The summed E-state index contributed by atoms with van der Waals surface area (Å²) >= 11 is 1.56. The Morgan fingerprint density at radius 2 is 2.07 bits per heavy atom. The van der Waals surface area contributed by atoms with Gasteiger partial charge in [0.05, 0.1) is 19.6 Å². The van der Waals surface area contributed by atoms with Crippen molar-refractivity contribution in [3.05, 3.63) is 56.5 Å². The molecule has 0 bridgehead atoms. The zero-order chi connectivity index (χ0) is 20.4. The molecule has 0 aliphatic heterocycles. The number of carbonyl (C=O) groups excluding carboxylic acids is 1. The van der Waals surface area contributed by atoms with Crippen molar-refractivity contribution in [1.29, 1.82) is 0 Å². The minimum atomic E-state index is -0.531. The van der Waals surface area contributed by atoms with Gasteiger partial charge in [0, 0.05) is 11.0 Å². The number of methoxy groups -OCH3 is 2. The second kappa shape index (κ2) is 8.08. The Morgan fingerprint density at radius 1 is 1.24 bits per heavy atom. The number of esters is 1. The molecule has 2 aromatic heterocycles. The number of hydrogen-bond donors (Lipinski definition) is 1. The fourth-order valence-corrected chi connectivity index (χ4v) is 4.70. The van der Waals surface area contributed by atoms with E-state index in [1.54, 1.807) is 49.8 Å². The van der Waals surface area contributed by atoms with Crippen LogP contribution in [0.25, 0.3) is 16.3 Å². The van der Waals surface area contributed by atoms with Gasteiger partial charge in [0.25, 0.3) is 5.56 Å². The largest absolute Gasteiger partial charge is 0.493 e. The van der Waals surface area contributed by atoms with Crippen LogP contribution in [0.15, 0.2) is 29.1 Å². The summed E-state index contributed by atoms with van der Waals surface area (Å²) < 4.78 is 15.7. The number of thiophene rings is 1. The van der Waals surface area contributed by atoms with Gasteiger partial charge in [-0.15, -0.1) is 11.3 Å². The first-order chi connectivity index (χ1) is 14.1.